The summed E-state index contributed by atoms with van der Waals surface area (Å²) in [5, 5.41) is 2.57. The Morgan fingerprint density at radius 2 is 2.07 bits per heavy atom. The molecule has 0 radical (unpaired) electrons. The van der Waals surface area contributed by atoms with Crippen molar-refractivity contribution in [1.29, 1.82) is 0 Å². The maximum Gasteiger partial charge on any atom is 0.180 e. The molecule has 1 aromatic carbocycles. The van der Waals surface area contributed by atoms with Crippen LogP contribution in [0.1, 0.15) is 18.2 Å². The smallest absolute Gasteiger partial charge is 0.180 e. The van der Waals surface area contributed by atoms with Crippen LogP contribution in [0, 0.1) is 0 Å². The predicted octanol–water partition coefficient (Wildman–Crippen LogP) is 3.29. The van der Waals surface area contributed by atoms with Crippen LogP contribution in [0.2, 0.25) is 0 Å². The highest BCUT2D eigenvalue weighted by atomic mass is 32.1. The first-order valence-electron chi connectivity index (χ1n) is 4.70. The Morgan fingerprint density at radius 3 is 2.67 bits per heavy atom. The minimum absolute atomic E-state index is 0.613. The number of hydrogen-bond acceptors (Lipinski definition) is 3. The fourth-order valence-corrected chi connectivity index (χ4v) is 1.89. The topological polar surface area (TPSA) is 38.9 Å². The van der Waals surface area contributed by atoms with Gasteiger partial charge in [0.1, 0.15) is 0 Å². The number of hydrogen-bond donors (Lipinski definition) is 1. The Hall–Kier alpha value is -1.61. The van der Waals surface area contributed by atoms with Crippen LogP contribution in [0.15, 0.2) is 35.7 Å². The minimum Gasteiger partial charge on any atom is -0.375 e. The van der Waals surface area contributed by atoms with Gasteiger partial charge in [-0.2, -0.15) is 0 Å². The number of nitrogen functional groups attached to an aromatic ring is 1. The summed E-state index contributed by atoms with van der Waals surface area (Å²) in [6, 6.07) is 10.2. The highest BCUT2D eigenvalue weighted by molar-refractivity contribution is 7.13. The summed E-state index contributed by atoms with van der Waals surface area (Å²) in [6.45, 7) is 2.07. The maximum atomic E-state index is 5.57. The molecule has 0 amide bonds. The predicted molar refractivity (Wildman–Crippen MR) is 66.5 cm³/mol. The molecule has 0 spiro atoms. The lowest BCUT2D eigenvalue weighted by Crippen LogP contribution is -1.82. The van der Waals surface area contributed by atoms with Gasteiger partial charge in [-0.3, -0.25) is 0 Å². The van der Waals surface area contributed by atoms with Crippen molar-refractivity contribution in [2.45, 2.75) is 6.92 Å². The van der Waals surface area contributed by atoms with Crippen molar-refractivity contribution in [3.8, 4) is 0 Å². The van der Waals surface area contributed by atoms with Crippen LogP contribution >= 0.6 is 11.3 Å². The van der Waals surface area contributed by atoms with E-state index in [0.29, 0.717) is 5.13 Å². The second-order valence-corrected chi connectivity index (χ2v) is 4.19. The lowest BCUT2D eigenvalue weighted by atomic mass is 10.1. The van der Waals surface area contributed by atoms with Crippen LogP contribution in [-0.4, -0.2) is 4.98 Å². The summed E-state index contributed by atoms with van der Waals surface area (Å²) in [7, 11) is 0. The molecular formula is C12H12N2S. The van der Waals surface area contributed by atoms with Gasteiger partial charge in [-0.15, -0.1) is 11.3 Å². The number of nitrogens with zero attached hydrogens (tertiary/aromatic N) is 1. The van der Waals surface area contributed by atoms with Crippen LogP contribution in [0.3, 0.4) is 0 Å². The molecule has 0 aliphatic rings. The highest BCUT2D eigenvalue weighted by Crippen LogP contribution is 2.19. The number of thiazole rings is 1. The van der Waals surface area contributed by atoms with E-state index in [1.807, 2.05) is 29.7 Å². The van der Waals surface area contributed by atoms with Gasteiger partial charge in [0.15, 0.2) is 5.13 Å². The van der Waals surface area contributed by atoms with Gasteiger partial charge in [-0.25, -0.2) is 4.98 Å². The molecule has 0 atom stereocenters. The van der Waals surface area contributed by atoms with E-state index in [9.17, 15) is 0 Å². The van der Waals surface area contributed by atoms with Crippen molar-refractivity contribution in [2.75, 3.05) is 5.73 Å². The first-order chi connectivity index (χ1) is 7.25. The van der Waals surface area contributed by atoms with Crippen LogP contribution in [0.25, 0.3) is 11.6 Å². The van der Waals surface area contributed by atoms with E-state index >= 15 is 0 Å². The normalized spacial score (nSPS) is 11.7. The van der Waals surface area contributed by atoms with Gasteiger partial charge < -0.3 is 5.73 Å². The molecule has 1 heterocycles. The fourth-order valence-electron chi connectivity index (χ4n) is 1.37. The SMILES string of the molecule is CC(=Cc1csc(N)n1)c1ccccc1. The monoisotopic (exact) mass is 216 g/mol. The Labute approximate surface area is 93.1 Å². The summed E-state index contributed by atoms with van der Waals surface area (Å²) in [6.07, 6.45) is 2.04. The molecule has 2 nitrogen and oxygen atoms in total. The summed E-state index contributed by atoms with van der Waals surface area (Å²) in [5.74, 6) is 0. The molecule has 1 aromatic heterocycles. The Balaban J connectivity index is 2.28. The second kappa shape index (κ2) is 4.28. The molecule has 0 aliphatic carbocycles. The molecule has 3 heteroatoms. The molecular weight excluding hydrogens is 204 g/mol. The summed E-state index contributed by atoms with van der Waals surface area (Å²) in [4.78, 5) is 4.20. The third kappa shape index (κ3) is 2.44. The van der Waals surface area contributed by atoms with Crippen molar-refractivity contribution in [2.24, 2.45) is 0 Å². The molecule has 76 valence electrons. The first kappa shape index (κ1) is 9.93. The van der Waals surface area contributed by atoms with Crippen LogP contribution < -0.4 is 5.73 Å². The van der Waals surface area contributed by atoms with Crippen molar-refractivity contribution >= 4 is 28.1 Å². The zero-order valence-corrected chi connectivity index (χ0v) is 9.29. The first-order valence-corrected chi connectivity index (χ1v) is 5.58. The molecule has 0 fully saturated rings. The Kier molecular flexibility index (Phi) is 2.83. The van der Waals surface area contributed by atoms with E-state index in [0.717, 1.165) is 5.69 Å². The molecule has 2 N–H and O–H groups in total. The van der Waals surface area contributed by atoms with Gasteiger partial charge in [0, 0.05) is 5.38 Å². The third-order valence-electron chi connectivity index (χ3n) is 2.13. The van der Waals surface area contributed by atoms with Gasteiger partial charge in [0.05, 0.1) is 5.69 Å². The van der Waals surface area contributed by atoms with E-state index < -0.39 is 0 Å². The Morgan fingerprint density at radius 1 is 1.33 bits per heavy atom. The van der Waals surface area contributed by atoms with Gasteiger partial charge in [0.2, 0.25) is 0 Å². The molecule has 0 saturated heterocycles. The average Bonchev–Trinajstić information content (AvgIpc) is 2.65. The Bertz CT molecular complexity index is 471. The fraction of sp³-hybridized carbons (Fsp3) is 0.0833. The zero-order chi connectivity index (χ0) is 10.7. The number of allylic oxidation sites excluding steroid dienone is 1. The zero-order valence-electron chi connectivity index (χ0n) is 8.47. The van der Waals surface area contributed by atoms with Crippen LogP contribution in [0.5, 0.6) is 0 Å². The van der Waals surface area contributed by atoms with Crippen molar-refractivity contribution in [1.82, 2.24) is 4.98 Å². The summed E-state index contributed by atoms with van der Waals surface area (Å²) < 4.78 is 0. The number of rotatable bonds is 2. The number of benzene rings is 1. The molecule has 0 aliphatic heterocycles. The standard InChI is InChI=1S/C12H12N2S/c1-9(10-5-3-2-4-6-10)7-11-8-15-12(13)14-11/h2-8H,1H3,(H2,13,14). The van der Waals surface area contributed by atoms with E-state index in [1.165, 1.54) is 22.5 Å². The largest absolute Gasteiger partial charge is 0.375 e. The summed E-state index contributed by atoms with van der Waals surface area (Å²) >= 11 is 1.46. The van der Waals surface area contributed by atoms with E-state index in [1.54, 1.807) is 0 Å². The molecule has 2 aromatic rings. The van der Waals surface area contributed by atoms with E-state index in [2.05, 4.69) is 24.0 Å². The van der Waals surface area contributed by atoms with Crippen molar-refractivity contribution in [3.05, 3.63) is 47.0 Å². The van der Waals surface area contributed by atoms with Gasteiger partial charge in [0.25, 0.3) is 0 Å². The van der Waals surface area contributed by atoms with Gasteiger partial charge in [-0.05, 0) is 24.1 Å². The van der Waals surface area contributed by atoms with Crippen molar-refractivity contribution in [3.63, 3.8) is 0 Å². The molecule has 15 heavy (non-hydrogen) atoms. The van der Waals surface area contributed by atoms with Gasteiger partial charge in [-0.1, -0.05) is 30.3 Å². The average molecular weight is 216 g/mol. The van der Waals surface area contributed by atoms with Crippen molar-refractivity contribution < 1.29 is 0 Å². The summed E-state index contributed by atoms with van der Waals surface area (Å²) in [5.41, 5.74) is 8.91. The molecule has 0 bridgehead atoms. The van der Waals surface area contributed by atoms with Crippen LogP contribution in [-0.2, 0) is 0 Å². The number of anilines is 1. The molecule has 0 unspecified atom stereocenters. The molecule has 2 rings (SSSR count). The lowest BCUT2D eigenvalue weighted by molar-refractivity contribution is 1.38. The number of aromatic nitrogens is 1. The second-order valence-electron chi connectivity index (χ2n) is 3.30. The highest BCUT2D eigenvalue weighted by Gasteiger charge is 1.97. The van der Waals surface area contributed by atoms with Gasteiger partial charge >= 0.3 is 0 Å². The maximum absolute atomic E-state index is 5.57. The lowest BCUT2D eigenvalue weighted by Gasteiger charge is -1.99. The quantitative estimate of drug-likeness (QED) is 0.836. The molecule has 0 saturated carbocycles. The van der Waals surface area contributed by atoms with Crippen LogP contribution in [0.4, 0.5) is 5.13 Å². The van der Waals surface area contributed by atoms with E-state index in [4.69, 9.17) is 5.73 Å². The number of nitrogens with two attached hydrogens (primary N) is 1. The van der Waals surface area contributed by atoms with E-state index in [-0.39, 0.29) is 0 Å². The third-order valence-corrected chi connectivity index (χ3v) is 2.83. The minimum atomic E-state index is 0.613.